The molecule has 6 nitrogen and oxygen atoms in total. The van der Waals surface area contributed by atoms with Crippen LogP contribution in [-0.2, 0) is 10.0 Å². The van der Waals surface area contributed by atoms with E-state index in [4.69, 9.17) is 0 Å². The van der Waals surface area contributed by atoms with Crippen LogP contribution in [0.1, 0.15) is 50.6 Å². The van der Waals surface area contributed by atoms with E-state index in [-0.39, 0.29) is 29.6 Å². The second kappa shape index (κ2) is 9.75. The van der Waals surface area contributed by atoms with Crippen molar-refractivity contribution in [3.05, 3.63) is 66.2 Å². The maximum absolute atomic E-state index is 13.7. The number of hydrogen-bond donors (Lipinski definition) is 3. The smallest absolute Gasteiger partial charge is 0.248 e. The Morgan fingerprint density at radius 3 is 2.34 bits per heavy atom. The molecule has 0 radical (unpaired) electrons. The van der Waals surface area contributed by atoms with Gasteiger partial charge < -0.3 is 10.4 Å². The summed E-state index contributed by atoms with van der Waals surface area (Å²) in [6.07, 6.45) is 2.41. The third-order valence-electron chi connectivity index (χ3n) is 6.67. The zero-order chi connectivity index (χ0) is 25.3. The van der Waals surface area contributed by atoms with Gasteiger partial charge in [0.15, 0.2) is 0 Å². The summed E-state index contributed by atoms with van der Waals surface area (Å²) in [5.41, 5.74) is 0.188. The molecular formula is C25H28F3N3O3S. The normalized spacial score (nSPS) is 18.3. The van der Waals surface area contributed by atoms with E-state index in [0.29, 0.717) is 22.9 Å². The van der Waals surface area contributed by atoms with Crippen LogP contribution in [0.25, 0.3) is 10.8 Å². The molecule has 10 heteroatoms. The maximum atomic E-state index is 13.7. The third-order valence-corrected chi connectivity index (χ3v) is 8.31. The summed E-state index contributed by atoms with van der Waals surface area (Å²) < 4.78 is 70.0. The van der Waals surface area contributed by atoms with Crippen LogP contribution in [0.15, 0.2) is 59.8 Å². The number of aromatic nitrogens is 1. The molecule has 1 aliphatic carbocycles. The molecule has 0 bridgehead atoms. The average molecular weight is 508 g/mol. The highest BCUT2D eigenvalue weighted by molar-refractivity contribution is 7.89. The minimum Gasteiger partial charge on any atom is -0.394 e. The van der Waals surface area contributed by atoms with Gasteiger partial charge in [-0.1, -0.05) is 19.1 Å². The highest BCUT2D eigenvalue weighted by Crippen LogP contribution is 2.40. The van der Waals surface area contributed by atoms with Crippen molar-refractivity contribution < 1.29 is 26.7 Å². The van der Waals surface area contributed by atoms with E-state index >= 15 is 0 Å². The summed E-state index contributed by atoms with van der Waals surface area (Å²) in [7, 11) is -4.15. The van der Waals surface area contributed by atoms with Crippen LogP contribution in [-0.4, -0.2) is 36.6 Å². The van der Waals surface area contributed by atoms with Gasteiger partial charge >= 0.3 is 0 Å². The van der Waals surface area contributed by atoms with Crippen LogP contribution in [0.3, 0.4) is 0 Å². The quantitative estimate of drug-likeness (QED) is 0.392. The Balaban J connectivity index is 1.67. The SMILES string of the molecule is CC[C@H](Nc1ccc(S(=O)(=O)NC2(CO)CCC(F)(F)CC2)c2ccncc12)c1ccc(F)cc1. The second-order valence-electron chi connectivity index (χ2n) is 9.09. The fourth-order valence-corrected chi connectivity index (χ4v) is 6.22. The van der Waals surface area contributed by atoms with E-state index in [1.54, 1.807) is 30.5 Å². The Bertz CT molecular complexity index is 1290. The second-order valence-corrected chi connectivity index (χ2v) is 10.7. The predicted octanol–water partition coefficient (Wildman–Crippen LogP) is 5.16. The number of alkyl halides is 2. The Morgan fingerprint density at radius 1 is 1.03 bits per heavy atom. The molecule has 0 spiro atoms. The molecule has 2 aromatic carbocycles. The van der Waals surface area contributed by atoms with Crippen molar-refractivity contribution in [3.63, 3.8) is 0 Å². The lowest BCUT2D eigenvalue weighted by Gasteiger charge is -2.39. The number of sulfonamides is 1. The molecule has 3 aromatic rings. The topological polar surface area (TPSA) is 91.3 Å². The Kier molecular flexibility index (Phi) is 7.08. The molecule has 0 saturated heterocycles. The van der Waals surface area contributed by atoms with Crippen LogP contribution < -0.4 is 10.0 Å². The van der Waals surface area contributed by atoms with Crippen LogP contribution in [0.5, 0.6) is 0 Å². The molecule has 3 N–H and O–H groups in total. The molecule has 0 amide bonds. The number of aliphatic hydroxyl groups is 1. The minimum atomic E-state index is -4.15. The molecule has 0 aliphatic heterocycles. The molecule has 0 unspecified atom stereocenters. The molecule has 1 aromatic heterocycles. The number of halogens is 3. The van der Waals surface area contributed by atoms with Crippen molar-refractivity contribution in [3.8, 4) is 0 Å². The lowest BCUT2D eigenvalue weighted by molar-refractivity contribution is -0.0598. The number of benzene rings is 2. The van der Waals surface area contributed by atoms with Gasteiger partial charge in [0.25, 0.3) is 0 Å². The Hall–Kier alpha value is -2.69. The van der Waals surface area contributed by atoms with Gasteiger partial charge in [-0.05, 0) is 55.2 Å². The molecule has 35 heavy (non-hydrogen) atoms. The van der Waals surface area contributed by atoms with E-state index < -0.39 is 40.9 Å². The number of hydrogen-bond acceptors (Lipinski definition) is 5. The monoisotopic (exact) mass is 507 g/mol. The van der Waals surface area contributed by atoms with E-state index in [2.05, 4.69) is 15.0 Å². The first kappa shape index (κ1) is 25.4. The van der Waals surface area contributed by atoms with Crippen molar-refractivity contribution in [2.45, 2.75) is 61.4 Å². The van der Waals surface area contributed by atoms with Crippen LogP contribution >= 0.6 is 0 Å². The molecule has 4 rings (SSSR count). The largest absolute Gasteiger partial charge is 0.394 e. The summed E-state index contributed by atoms with van der Waals surface area (Å²) in [5, 5.41) is 14.3. The van der Waals surface area contributed by atoms with Crippen LogP contribution in [0, 0.1) is 5.82 Å². The summed E-state index contributed by atoms with van der Waals surface area (Å²) >= 11 is 0. The Morgan fingerprint density at radius 2 is 1.71 bits per heavy atom. The predicted molar refractivity (Wildman–Crippen MR) is 128 cm³/mol. The number of pyridine rings is 1. The summed E-state index contributed by atoms with van der Waals surface area (Å²) in [5.74, 6) is -3.20. The fraction of sp³-hybridized carbons (Fsp3) is 0.400. The summed E-state index contributed by atoms with van der Waals surface area (Å²) in [6.45, 7) is 1.41. The first-order valence-electron chi connectivity index (χ1n) is 11.5. The molecule has 1 saturated carbocycles. The van der Waals surface area contributed by atoms with E-state index in [9.17, 15) is 26.7 Å². The summed E-state index contributed by atoms with van der Waals surface area (Å²) in [4.78, 5) is 4.12. The number of aliphatic hydroxyl groups excluding tert-OH is 1. The lowest BCUT2D eigenvalue weighted by Crippen LogP contribution is -2.54. The lowest BCUT2D eigenvalue weighted by atomic mass is 9.81. The van der Waals surface area contributed by atoms with Crippen LogP contribution in [0.2, 0.25) is 0 Å². The minimum absolute atomic E-state index is 0.0274. The first-order valence-corrected chi connectivity index (χ1v) is 13.0. The van der Waals surface area contributed by atoms with E-state index in [1.165, 1.54) is 24.4 Å². The standard InChI is InChI=1S/C25H28F3N3O3S/c1-2-21(17-3-5-18(26)6-4-17)30-22-7-8-23(19-9-14-29-15-20(19)22)35(33,34)31-24(16-32)10-12-25(27,28)13-11-24/h3-9,14-15,21,30-32H,2,10-13,16H2,1H3/t21-/m0/s1. The van der Waals surface area contributed by atoms with Gasteiger partial charge in [-0.25, -0.2) is 26.3 Å². The average Bonchev–Trinajstić information content (AvgIpc) is 2.84. The number of rotatable bonds is 8. The molecule has 1 aliphatic rings. The molecule has 188 valence electrons. The van der Waals surface area contributed by atoms with Gasteiger partial charge in [0.1, 0.15) is 5.82 Å². The van der Waals surface area contributed by atoms with Gasteiger partial charge in [0, 0.05) is 41.7 Å². The number of fused-ring (bicyclic) bond motifs is 1. The van der Waals surface area contributed by atoms with E-state index in [0.717, 1.165) is 5.56 Å². The first-order chi connectivity index (χ1) is 16.6. The zero-order valence-electron chi connectivity index (χ0n) is 19.3. The van der Waals surface area contributed by atoms with Gasteiger partial charge in [0.2, 0.25) is 15.9 Å². The maximum Gasteiger partial charge on any atom is 0.248 e. The molecule has 1 fully saturated rings. The van der Waals surface area contributed by atoms with Gasteiger partial charge in [0.05, 0.1) is 23.1 Å². The van der Waals surface area contributed by atoms with Crippen molar-refractivity contribution in [1.82, 2.24) is 9.71 Å². The number of nitrogens with zero attached hydrogens (tertiary/aromatic N) is 1. The van der Waals surface area contributed by atoms with E-state index in [1.807, 2.05) is 6.92 Å². The van der Waals surface area contributed by atoms with Crippen molar-refractivity contribution in [2.24, 2.45) is 0 Å². The highest BCUT2D eigenvalue weighted by Gasteiger charge is 2.45. The van der Waals surface area contributed by atoms with Gasteiger partial charge in [-0.3, -0.25) is 4.98 Å². The molecular weight excluding hydrogens is 479 g/mol. The number of nitrogens with one attached hydrogen (secondary N) is 2. The zero-order valence-corrected chi connectivity index (χ0v) is 20.1. The van der Waals surface area contributed by atoms with Crippen LogP contribution in [0.4, 0.5) is 18.9 Å². The third kappa shape index (κ3) is 5.44. The molecule has 1 atom stereocenters. The van der Waals surface area contributed by atoms with Crippen molar-refractivity contribution in [1.29, 1.82) is 0 Å². The van der Waals surface area contributed by atoms with Gasteiger partial charge in [-0.15, -0.1) is 0 Å². The molecule has 1 heterocycles. The van der Waals surface area contributed by atoms with Crippen molar-refractivity contribution >= 4 is 26.5 Å². The number of anilines is 1. The highest BCUT2D eigenvalue weighted by atomic mass is 32.2. The summed E-state index contributed by atoms with van der Waals surface area (Å²) in [6, 6.07) is 10.7. The fourth-order valence-electron chi connectivity index (χ4n) is 4.55. The Labute approximate surface area is 202 Å². The van der Waals surface area contributed by atoms with Crippen molar-refractivity contribution in [2.75, 3.05) is 11.9 Å². The van der Waals surface area contributed by atoms with Gasteiger partial charge in [-0.2, -0.15) is 0 Å².